The van der Waals surface area contributed by atoms with E-state index in [-0.39, 0.29) is 5.82 Å². The van der Waals surface area contributed by atoms with Gasteiger partial charge < -0.3 is 10.1 Å². The molecule has 4 rings (SSSR count). The number of aromatic nitrogens is 3. The molecule has 1 aromatic heterocycles. The maximum atomic E-state index is 13.0. The number of carbonyl (C=O) groups is 1. The number of nitrogens with zero attached hydrogens (tertiary/aromatic N) is 3. The van der Waals surface area contributed by atoms with Crippen molar-refractivity contribution >= 4 is 23.2 Å². The molecule has 0 spiro atoms. The van der Waals surface area contributed by atoms with E-state index in [0.29, 0.717) is 23.1 Å². The van der Waals surface area contributed by atoms with Gasteiger partial charge in [0.25, 0.3) is 5.91 Å². The summed E-state index contributed by atoms with van der Waals surface area (Å²) in [7, 11) is 0. The number of carbonyl (C=O) groups excluding carboxylic acids is 1. The number of amides is 1. The van der Waals surface area contributed by atoms with Crippen LogP contribution in [0.2, 0.25) is 5.02 Å². The third-order valence-electron chi connectivity index (χ3n) is 5.12. The summed E-state index contributed by atoms with van der Waals surface area (Å²) in [6.45, 7) is 6.56. The van der Waals surface area contributed by atoms with Gasteiger partial charge in [-0.1, -0.05) is 35.9 Å². The Morgan fingerprint density at radius 2 is 1.81 bits per heavy atom. The number of hydrogen-bond acceptors (Lipinski definition) is 4. The van der Waals surface area contributed by atoms with Crippen molar-refractivity contribution in [2.75, 3.05) is 11.9 Å². The van der Waals surface area contributed by atoms with Crippen LogP contribution >= 0.6 is 11.6 Å². The molecule has 0 aliphatic carbocycles. The normalized spacial score (nSPS) is 10.8. The molecule has 6 nitrogen and oxygen atoms in total. The molecule has 0 atom stereocenters. The van der Waals surface area contributed by atoms with Gasteiger partial charge >= 0.3 is 0 Å². The Morgan fingerprint density at radius 1 is 1.06 bits per heavy atom. The molecular formula is C25H23ClN4O2. The minimum Gasteiger partial charge on any atom is -0.494 e. The van der Waals surface area contributed by atoms with Crippen LogP contribution in [0.4, 0.5) is 5.69 Å². The van der Waals surface area contributed by atoms with Crippen molar-refractivity contribution in [3.8, 4) is 22.8 Å². The topological polar surface area (TPSA) is 69.0 Å². The third kappa shape index (κ3) is 4.50. The first-order valence-corrected chi connectivity index (χ1v) is 10.7. The van der Waals surface area contributed by atoms with Crippen LogP contribution in [-0.4, -0.2) is 27.3 Å². The fraction of sp³-hybridized carbons (Fsp3) is 0.160. The van der Waals surface area contributed by atoms with Crippen molar-refractivity contribution in [1.29, 1.82) is 0 Å². The molecule has 4 aromatic rings. The van der Waals surface area contributed by atoms with Crippen LogP contribution in [0.1, 0.15) is 28.7 Å². The van der Waals surface area contributed by atoms with Crippen LogP contribution in [-0.2, 0) is 0 Å². The van der Waals surface area contributed by atoms with Crippen LogP contribution in [0.15, 0.2) is 66.7 Å². The lowest BCUT2D eigenvalue weighted by Crippen LogP contribution is -2.14. The summed E-state index contributed by atoms with van der Waals surface area (Å²) < 4.78 is 7.14. The predicted octanol–water partition coefficient (Wildman–Crippen LogP) is 5.86. The average Bonchev–Trinajstić information content (AvgIpc) is 3.23. The summed E-state index contributed by atoms with van der Waals surface area (Å²) in [5.41, 5.74) is 4.43. The largest absolute Gasteiger partial charge is 0.494 e. The maximum absolute atomic E-state index is 13.0. The monoisotopic (exact) mass is 446 g/mol. The summed E-state index contributed by atoms with van der Waals surface area (Å²) in [6, 6.07) is 20.5. The number of nitrogens with one attached hydrogen (secondary N) is 1. The van der Waals surface area contributed by atoms with E-state index >= 15 is 0 Å². The van der Waals surface area contributed by atoms with Gasteiger partial charge in [0.1, 0.15) is 5.75 Å². The molecule has 1 amide bonds. The molecule has 0 aliphatic rings. The van der Waals surface area contributed by atoms with Gasteiger partial charge in [0.2, 0.25) is 5.82 Å². The van der Waals surface area contributed by atoms with Crippen LogP contribution in [0.25, 0.3) is 17.1 Å². The smallest absolute Gasteiger partial charge is 0.295 e. The number of halogens is 1. The van der Waals surface area contributed by atoms with Gasteiger partial charge in [-0.2, -0.15) is 0 Å². The average molecular weight is 447 g/mol. The molecule has 0 fully saturated rings. The molecule has 0 unspecified atom stereocenters. The van der Waals surface area contributed by atoms with Gasteiger partial charge in [0, 0.05) is 16.3 Å². The zero-order valence-electron chi connectivity index (χ0n) is 18.1. The summed E-state index contributed by atoms with van der Waals surface area (Å²) in [4.78, 5) is 17.5. The van der Waals surface area contributed by atoms with Gasteiger partial charge in [0.15, 0.2) is 5.82 Å². The highest BCUT2D eigenvalue weighted by atomic mass is 35.5. The summed E-state index contributed by atoms with van der Waals surface area (Å²) >= 11 is 6.21. The fourth-order valence-corrected chi connectivity index (χ4v) is 3.53. The van der Waals surface area contributed by atoms with Gasteiger partial charge in [0.05, 0.1) is 12.3 Å². The Balaban J connectivity index is 1.73. The zero-order chi connectivity index (χ0) is 22.7. The number of hydrogen-bond donors (Lipinski definition) is 1. The highest BCUT2D eigenvalue weighted by molar-refractivity contribution is 6.30. The van der Waals surface area contributed by atoms with Crippen molar-refractivity contribution in [2.24, 2.45) is 0 Å². The molecule has 0 radical (unpaired) electrons. The second-order valence-corrected chi connectivity index (χ2v) is 7.75. The molecule has 1 heterocycles. The van der Waals surface area contributed by atoms with E-state index in [0.717, 1.165) is 28.1 Å². The lowest BCUT2D eigenvalue weighted by atomic mass is 10.1. The van der Waals surface area contributed by atoms with E-state index in [1.54, 1.807) is 41.1 Å². The number of anilines is 1. The highest BCUT2D eigenvalue weighted by Gasteiger charge is 2.20. The third-order valence-corrected chi connectivity index (χ3v) is 5.36. The molecule has 0 aliphatic heterocycles. The van der Waals surface area contributed by atoms with Crippen LogP contribution in [0.5, 0.6) is 5.75 Å². The lowest BCUT2D eigenvalue weighted by Gasteiger charge is -2.11. The van der Waals surface area contributed by atoms with Crippen molar-refractivity contribution in [1.82, 2.24) is 14.8 Å². The van der Waals surface area contributed by atoms with Crippen LogP contribution < -0.4 is 10.1 Å². The molecule has 0 bridgehead atoms. The summed E-state index contributed by atoms with van der Waals surface area (Å²) in [5.74, 6) is 0.945. The minimum atomic E-state index is -0.401. The van der Waals surface area contributed by atoms with E-state index in [4.69, 9.17) is 16.3 Å². The molecule has 7 heteroatoms. The highest BCUT2D eigenvalue weighted by Crippen LogP contribution is 2.27. The van der Waals surface area contributed by atoms with E-state index in [2.05, 4.69) is 15.4 Å². The van der Waals surface area contributed by atoms with E-state index in [1.165, 1.54) is 0 Å². The zero-order valence-corrected chi connectivity index (χ0v) is 18.8. The molecule has 3 aromatic carbocycles. The van der Waals surface area contributed by atoms with Crippen molar-refractivity contribution < 1.29 is 9.53 Å². The van der Waals surface area contributed by atoms with Crippen molar-refractivity contribution in [3.05, 3.63) is 88.7 Å². The Hall–Kier alpha value is -3.64. The van der Waals surface area contributed by atoms with Gasteiger partial charge in [-0.15, -0.1) is 5.10 Å². The minimum absolute atomic E-state index is 0.0646. The van der Waals surface area contributed by atoms with Gasteiger partial charge in [-0.3, -0.25) is 4.79 Å². The van der Waals surface area contributed by atoms with Gasteiger partial charge in [-0.25, -0.2) is 9.67 Å². The Bertz CT molecular complexity index is 1270. The first-order valence-electron chi connectivity index (χ1n) is 10.3. The van der Waals surface area contributed by atoms with E-state index in [9.17, 15) is 4.79 Å². The molecule has 32 heavy (non-hydrogen) atoms. The second kappa shape index (κ2) is 9.24. The van der Waals surface area contributed by atoms with Gasteiger partial charge in [-0.05, 0) is 74.4 Å². The van der Waals surface area contributed by atoms with Crippen LogP contribution in [0, 0.1) is 13.8 Å². The standard InChI is InChI=1S/C25H23ClN4O2/c1-4-32-21-13-11-20(12-14-21)27-25(31)23-28-24(18-8-6-9-19(26)15-18)30(29-23)22-10-5-7-16(2)17(22)3/h5-15H,4H2,1-3H3,(H,27,31). The summed E-state index contributed by atoms with van der Waals surface area (Å²) in [5, 5.41) is 7.99. The predicted molar refractivity (Wildman–Crippen MR) is 127 cm³/mol. The van der Waals surface area contributed by atoms with E-state index < -0.39 is 5.91 Å². The first-order chi connectivity index (χ1) is 15.5. The Morgan fingerprint density at radius 3 is 2.53 bits per heavy atom. The number of benzene rings is 3. The van der Waals surface area contributed by atoms with Crippen molar-refractivity contribution in [3.63, 3.8) is 0 Å². The SMILES string of the molecule is CCOc1ccc(NC(=O)c2nc(-c3cccc(Cl)c3)n(-c3cccc(C)c3C)n2)cc1. The quantitative estimate of drug-likeness (QED) is 0.403. The molecular weight excluding hydrogens is 424 g/mol. The van der Waals surface area contributed by atoms with E-state index in [1.807, 2.05) is 51.1 Å². The van der Waals surface area contributed by atoms with Crippen LogP contribution in [0.3, 0.4) is 0 Å². The number of ether oxygens (including phenoxy) is 1. The maximum Gasteiger partial charge on any atom is 0.295 e. The Labute approximate surface area is 191 Å². The Kier molecular flexibility index (Phi) is 6.23. The summed E-state index contributed by atoms with van der Waals surface area (Å²) in [6.07, 6.45) is 0. The van der Waals surface area contributed by atoms with Crippen molar-refractivity contribution in [2.45, 2.75) is 20.8 Å². The molecule has 0 saturated heterocycles. The first kappa shape index (κ1) is 21.6. The fourth-order valence-electron chi connectivity index (χ4n) is 3.34. The molecule has 0 saturated carbocycles. The second-order valence-electron chi connectivity index (χ2n) is 7.31. The number of rotatable bonds is 6. The number of aryl methyl sites for hydroxylation is 1. The lowest BCUT2D eigenvalue weighted by molar-refractivity contribution is 0.101. The molecule has 162 valence electrons. The molecule has 1 N–H and O–H groups in total.